The van der Waals surface area contributed by atoms with Crippen molar-refractivity contribution in [3.8, 4) is 0 Å². The van der Waals surface area contributed by atoms with Crippen LogP contribution in [0.5, 0.6) is 0 Å². The quantitative estimate of drug-likeness (QED) is 0.257. The van der Waals surface area contributed by atoms with Crippen molar-refractivity contribution in [2.24, 2.45) is 0 Å². The van der Waals surface area contributed by atoms with Crippen LogP contribution >= 0.6 is 11.6 Å². The summed E-state index contributed by atoms with van der Waals surface area (Å²) >= 11 is 6.11. The summed E-state index contributed by atoms with van der Waals surface area (Å²) in [4.78, 5) is 29.2. The normalized spacial score (nSPS) is 12.4. The van der Waals surface area contributed by atoms with Crippen molar-refractivity contribution in [3.05, 3.63) is 101 Å². The van der Waals surface area contributed by atoms with Gasteiger partial charge in [-0.25, -0.2) is 8.42 Å². The summed E-state index contributed by atoms with van der Waals surface area (Å²) in [6.45, 7) is 8.10. The summed E-state index contributed by atoms with van der Waals surface area (Å²) in [7, 11) is -3.57. The zero-order chi connectivity index (χ0) is 30.9. The predicted octanol–water partition coefficient (Wildman–Crippen LogP) is 6.00. The maximum absolute atomic E-state index is 13.9. The molecule has 0 radical (unpaired) electrons. The van der Waals surface area contributed by atoms with Crippen LogP contribution in [0, 0.1) is 0 Å². The Morgan fingerprint density at radius 2 is 1.48 bits per heavy atom. The van der Waals surface area contributed by atoms with Crippen molar-refractivity contribution in [1.82, 2.24) is 10.2 Å². The van der Waals surface area contributed by atoms with Gasteiger partial charge in [-0.15, -0.1) is 0 Å². The van der Waals surface area contributed by atoms with Gasteiger partial charge in [-0.3, -0.25) is 13.9 Å². The standard InChI is InChI=1S/C33H42ClN3O4S/c1-6-25-16-20-29(21-17-25)37(42(5,40)41)22-10-13-31(38)36(24-27-14-18-28(34)19-15-27)30(32(39)35-33(2,3)4)23-26-11-8-7-9-12-26/h7-9,11-12,14-21,30H,6,10,13,22-24H2,1-5H3,(H,35,39). The predicted molar refractivity (Wildman–Crippen MR) is 171 cm³/mol. The molecule has 0 aliphatic rings. The monoisotopic (exact) mass is 611 g/mol. The van der Waals surface area contributed by atoms with Crippen LogP contribution in [0.15, 0.2) is 78.9 Å². The van der Waals surface area contributed by atoms with E-state index in [1.165, 1.54) is 10.6 Å². The number of carbonyl (C=O) groups excluding carboxylic acids is 2. The molecule has 3 aromatic carbocycles. The third-order valence-electron chi connectivity index (χ3n) is 6.82. The molecule has 0 bridgehead atoms. The number of nitrogens with zero attached hydrogens (tertiary/aromatic N) is 2. The Morgan fingerprint density at radius 3 is 2.02 bits per heavy atom. The number of hydrogen-bond acceptors (Lipinski definition) is 4. The van der Waals surface area contributed by atoms with Crippen LogP contribution in [0.2, 0.25) is 5.02 Å². The molecule has 0 saturated carbocycles. The van der Waals surface area contributed by atoms with Crippen molar-refractivity contribution < 1.29 is 18.0 Å². The van der Waals surface area contributed by atoms with E-state index in [0.717, 1.165) is 23.1 Å². The van der Waals surface area contributed by atoms with Crippen LogP contribution in [0.4, 0.5) is 5.69 Å². The fourth-order valence-corrected chi connectivity index (χ4v) is 5.79. The van der Waals surface area contributed by atoms with Crippen molar-refractivity contribution in [3.63, 3.8) is 0 Å². The lowest BCUT2D eigenvalue weighted by molar-refractivity contribution is -0.142. The summed E-state index contributed by atoms with van der Waals surface area (Å²) in [5, 5.41) is 3.63. The smallest absolute Gasteiger partial charge is 0.243 e. The molecule has 0 heterocycles. The molecule has 1 atom stereocenters. The maximum Gasteiger partial charge on any atom is 0.243 e. The Bertz CT molecular complexity index is 1420. The Balaban J connectivity index is 1.88. The molecule has 1 N–H and O–H groups in total. The first-order chi connectivity index (χ1) is 19.8. The molecule has 3 rings (SSSR count). The Hall–Kier alpha value is -3.36. The first-order valence-electron chi connectivity index (χ1n) is 14.2. The molecule has 2 amide bonds. The number of anilines is 1. The highest BCUT2D eigenvalue weighted by Crippen LogP contribution is 2.22. The molecule has 9 heteroatoms. The molecule has 0 aromatic heterocycles. The minimum Gasteiger partial charge on any atom is -0.350 e. The zero-order valence-electron chi connectivity index (χ0n) is 25.1. The molecule has 226 valence electrons. The second-order valence-corrected chi connectivity index (χ2v) is 13.9. The highest BCUT2D eigenvalue weighted by atomic mass is 35.5. The van der Waals surface area contributed by atoms with Gasteiger partial charge in [0.2, 0.25) is 21.8 Å². The van der Waals surface area contributed by atoms with E-state index in [1.54, 1.807) is 29.2 Å². The summed E-state index contributed by atoms with van der Waals surface area (Å²) in [5.41, 5.74) is 2.94. The summed E-state index contributed by atoms with van der Waals surface area (Å²) in [6.07, 6.45) is 2.71. The molecule has 0 saturated heterocycles. The molecular weight excluding hydrogens is 570 g/mol. The molecule has 7 nitrogen and oxygen atoms in total. The Kier molecular flexibility index (Phi) is 11.6. The summed E-state index contributed by atoms with van der Waals surface area (Å²) < 4.78 is 26.7. The van der Waals surface area contributed by atoms with E-state index in [-0.39, 0.29) is 37.7 Å². The highest BCUT2D eigenvalue weighted by molar-refractivity contribution is 7.92. The molecular formula is C33H42ClN3O4S. The molecule has 42 heavy (non-hydrogen) atoms. The molecule has 3 aromatic rings. The number of benzene rings is 3. The first kappa shape index (κ1) is 33.1. The summed E-state index contributed by atoms with van der Waals surface area (Å²) in [5.74, 6) is -0.479. The van der Waals surface area contributed by atoms with Crippen molar-refractivity contribution in [2.45, 2.75) is 71.5 Å². The van der Waals surface area contributed by atoms with E-state index in [4.69, 9.17) is 11.6 Å². The lowest BCUT2D eigenvalue weighted by Crippen LogP contribution is -2.54. The first-order valence-corrected chi connectivity index (χ1v) is 16.5. The molecule has 0 aliphatic carbocycles. The van der Waals surface area contributed by atoms with Crippen LogP contribution in [-0.2, 0) is 39.0 Å². The fraction of sp³-hybridized carbons (Fsp3) is 0.394. The number of nitrogens with one attached hydrogen (secondary N) is 1. The number of carbonyl (C=O) groups is 2. The minimum absolute atomic E-state index is 0.0702. The Labute approximate surface area is 255 Å². The van der Waals surface area contributed by atoms with E-state index < -0.39 is 21.6 Å². The van der Waals surface area contributed by atoms with Crippen molar-refractivity contribution >= 4 is 39.1 Å². The van der Waals surface area contributed by atoms with Gasteiger partial charge in [-0.2, -0.15) is 0 Å². The lowest BCUT2D eigenvalue weighted by atomic mass is 10.00. The molecule has 1 unspecified atom stereocenters. The summed E-state index contributed by atoms with van der Waals surface area (Å²) in [6, 6.07) is 23.4. The molecule has 0 aliphatic heterocycles. The van der Waals surface area contributed by atoms with E-state index in [9.17, 15) is 18.0 Å². The van der Waals surface area contributed by atoms with Crippen molar-refractivity contribution in [1.29, 1.82) is 0 Å². The van der Waals surface area contributed by atoms with Gasteiger partial charge in [0, 0.05) is 36.5 Å². The topological polar surface area (TPSA) is 86.8 Å². The number of sulfonamides is 1. The van der Waals surface area contributed by atoms with Crippen LogP contribution < -0.4 is 9.62 Å². The van der Waals surface area contributed by atoms with Gasteiger partial charge in [0.1, 0.15) is 6.04 Å². The maximum atomic E-state index is 13.9. The number of rotatable bonds is 13. The minimum atomic E-state index is -3.57. The van der Waals surface area contributed by atoms with Gasteiger partial charge in [-0.05, 0) is 74.6 Å². The average Bonchev–Trinajstić information content (AvgIpc) is 2.93. The van der Waals surface area contributed by atoms with Crippen molar-refractivity contribution in [2.75, 3.05) is 17.1 Å². The van der Waals surface area contributed by atoms with Gasteiger partial charge in [-0.1, -0.05) is 73.1 Å². The third-order valence-corrected chi connectivity index (χ3v) is 8.27. The second kappa shape index (κ2) is 14.7. The van der Waals surface area contributed by atoms with Crippen LogP contribution in [0.1, 0.15) is 57.2 Å². The third kappa shape index (κ3) is 10.2. The van der Waals surface area contributed by atoms with E-state index in [0.29, 0.717) is 17.1 Å². The van der Waals surface area contributed by atoms with Gasteiger partial charge in [0.25, 0.3) is 0 Å². The van der Waals surface area contributed by atoms with E-state index in [1.807, 2.05) is 82.3 Å². The molecule has 0 fully saturated rings. The van der Waals surface area contributed by atoms with Crippen LogP contribution in [0.3, 0.4) is 0 Å². The fourth-order valence-electron chi connectivity index (χ4n) is 4.70. The lowest BCUT2D eigenvalue weighted by Gasteiger charge is -2.34. The Morgan fingerprint density at radius 1 is 0.881 bits per heavy atom. The van der Waals surface area contributed by atoms with Crippen LogP contribution in [0.25, 0.3) is 0 Å². The number of amides is 2. The van der Waals surface area contributed by atoms with Gasteiger partial charge in [0.15, 0.2) is 0 Å². The largest absolute Gasteiger partial charge is 0.350 e. The van der Waals surface area contributed by atoms with Crippen LogP contribution in [-0.4, -0.2) is 49.5 Å². The SMILES string of the molecule is CCc1ccc(N(CCCC(=O)N(Cc2ccc(Cl)cc2)C(Cc2ccccc2)C(=O)NC(C)(C)C)S(C)(=O)=O)cc1. The number of halogens is 1. The van der Waals surface area contributed by atoms with Gasteiger partial charge in [0.05, 0.1) is 11.9 Å². The van der Waals surface area contributed by atoms with E-state index in [2.05, 4.69) is 5.32 Å². The van der Waals surface area contributed by atoms with E-state index >= 15 is 0 Å². The second-order valence-electron chi connectivity index (χ2n) is 11.6. The average molecular weight is 612 g/mol. The number of aryl methyl sites for hydroxylation is 1. The highest BCUT2D eigenvalue weighted by Gasteiger charge is 2.32. The number of hydrogen-bond donors (Lipinski definition) is 1. The zero-order valence-corrected chi connectivity index (χ0v) is 26.7. The van der Waals surface area contributed by atoms with Gasteiger partial charge >= 0.3 is 0 Å². The van der Waals surface area contributed by atoms with Gasteiger partial charge < -0.3 is 10.2 Å². The molecule has 0 spiro atoms.